The topological polar surface area (TPSA) is 71.1 Å². The van der Waals surface area contributed by atoms with Gasteiger partial charge in [0.1, 0.15) is 5.66 Å². The van der Waals surface area contributed by atoms with E-state index in [1.54, 1.807) is 39.0 Å². The molecule has 0 aromatic heterocycles. The van der Waals surface area contributed by atoms with Crippen molar-refractivity contribution in [1.82, 2.24) is 0 Å². The van der Waals surface area contributed by atoms with Crippen LogP contribution in [0.4, 0.5) is 0 Å². The first-order valence-corrected chi connectivity index (χ1v) is 8.45. The lowest BCUT2D eigenvalue weighted by Gasteiger charge is -2.22. The van der Waals surface area contributed by atoms with Crippen molar-refractivity contribution in [2.45, 2.75) is 26.4 Å². The maximum atomic E-state index is 12.6. The van der Waals surface area contributed by atoms with E-state index in [-0.39, 0.29) is 25.8 Å². The quantitative estimate of drug-likeness (QED) is 0.568. The SMILES string of the molecule is CCOP(=O)(OCC)C(C)C(=O)c1ccc2c(c1)OCO2. The van der Waals surface area contributed by atoms with E-state index in [0.717, 1.165) is 0 Å². The van der Waals surface area contributed by atoms with Crippen molar-refractivity contribution >= 4 is 13.4 Å². The molecule has 1 aromatic carbocycles. The molecule has 0 aliphatic carbocycles. The van der Waals surface area contributed by atoms with Crippen LogP contribution in [-0.2, 0) is 13.6 Å². The predicted octanol–water partition coefficient (Wildman–Crippen LogP) is 3.25. The Hall–Kier alpha value is -1.36. The molecule has 7 heteroatoms. The number of ketones is 1. The smallest absolute Gasteiger partial charge is 0.341 e. The molecule has 0 N–H and O–H groups in total. The maximum absolute atomic E-state index is 12.6. The molecular weight excluding hydrogens is 295 g/mol. The van der Waals surface area contributed by atoms with E-state index in [0.29, 0.717) is 17.1 Å². The highest BCUT2D eigenvalue weighted by molar-refractivity contribution is 7.55. The molecule has 0 saturated carbocycles. The van der Waals surface area contributed by atoms with Crippen molar-refractivity contribution < 1.29 is 27.9 Å². The monoisotopic (exact) mass is 314 g/mol. The van der Waals surface area contributed by atoms with Gasteiger partial charge < -0.3 is 18.5 Å². The molecule has 0 radical (unpaired) electrons. The molecule has 1 aliphatic rings. The average molecular weight is 314 g/mol. The van der Waals surface area contributed by atoms with Gasteiger partial charge in [0.15, 0.2) is 17.3 Å². The minimum atomic E-state index is -3.47. The Balaban J connectivity index is 2.23. The molecule has 1 heterocycles. The average Bonchev–Trinajstić information content (AvgIpc) is 2.93. The van der Waals surface area contributed by atoms with E-state index in [1.807, 2.05) is 0 Å². The van der Waals surface area contributed by atoms with Gasteiger partial charge in [-0.3, -0.25) is 9.36 Å². The summed E-state index contributed by atoms with van der Waals surface area (Å²) in [6.45, 7) is 5.55. The number of benzene rings is 1. The third kappa shape index (κ3) is 3.28. The van der Waals surface area contributed by atoms with Crippen LogP contribution in [0.15, 0.2) is 18.2 Å². The van der Waals surface area contributed by atoms with Crippen LogP contribution in [0.25, 0.3) is 0 Å². The van der Waals surface area contributed by atoms with Gasteiger partial charge in [0.05, 0.1) is 13.2 Å². The Morgan fingerprint density at radius 2 is 1.86 bits per heavy atom. The first-order chi connectivity index (χ1) is 10.0. The molecule has 6 nitrogen and oxygen atoms in total. The Bertz CT molecular complexity index is 561. The minimum Gasteiger partial charge on any atom is -0.454 e. The number of hydrogen-bond donors (Lipinski definition) is 0. The van der Waals surface area contributed by atoms with E-state index in [2.05, 4.69) is 0 Å². The maximum Gasteiger partial charge on any atom is 0.341 e. The second-order valence-corrected chi connectivity index (χ2v) is 6.85. The fourth-order valence-corrected chi connectivity index (χ4v) is 3.73. The summed E-state index contributed by atoms with van der Waals surface area (Å²) in [4.78, 5) is 12.5. The van der Waals surface area contributed by atoms with Gasteiger partial charge in [0.25, 0.3) is 0 Å². The second-order valence-electron chi connectivity index (χ2n) is 4.48. The predicted molar refractivity (Wildman–Crippen MR) is 77.2 cm³/mol. The molecule has 0 fully saturated rings. The van der Waals surface area contributed by atoms with Gasteiger partial charge in [0.2, 0.25) is 6.79 Å². The lowest BCUT2D eigenvalue weighted by Crippen LogP contribution is -2.20. The van der Waals surface area contributed by atoms with Crippen LogP contribution >= 0.6 is 7.60 Å². The molecule has 0 amide bonds. The molecule has 1 aliphatic heterocycles. The molecule has 116 valence electrons. The van der Waals surface area contributed by atoms with E-state index < -0.39 is 13.3 Å². The fourth-order valence-electron chi connectivity index (χ4n) is 2.06. The third-order valence-electron chi connectivity index (χ3n) is 3.13. The van der Waals surface area contributed by atoms with Gasteiger partial charge >= 0.3 is 7.60 Å². The highest BCUT2D eigenvalue weighted by atomic mass is 31.2. The molecule has 21 heavy (non-hydrogen) atoms. The summed E-state index contributed by atoms with van der Waals surface area (Å²) in [5.74, 6) is 0.797. The molecule has 0 saturated heterocycles. The van der Waals surface area contributed by atoms with E-state index in [1.165, 1.54) is 0 Å². The standard InChI is InChI=1S/C14H19O6P/c1-4-19-21(16,20-5-2)10(3)14(15)11-6-7-12-13(8-11)18-9-17-12/h6-8,10H,4-5,9H2,1-3H3. The Kier molecular flexibility index (Phi) is 5.04. The zero-order valence-corrected chi connectivity index (χ0v) is 13.2. The minimum absolute atomic E-state index is 0.138. The lowest BCUT2D eigenvalue weighted by atomic mass is 10.1. The number of ether oxygens (including phenoxy) is 2. The van der Waals surface area contributed by atoms with Gasteiger partial charge in [0, 0.05) is 5.56 Å². The first kappa shape index (κ1) is 16.0. The molecule has 1 unspecified atom stereocenters. The van der Waals surface area contributed by atoms with E-state index >= 15 is 0 Å². The van der Waals surface area contributed by atoms with Crippen molar-refractivity contribution in [3.8, 4) is 11.5 Å². The second kappa shape index (κ2) is 6.60. The summed E-state index contributed by atoms with van der Waals surface area (Å²) in [6.07, 6.45) is 0. The molecule has 1 atom stereocenters. The Labute approximate surface area is 123 Å². The largest absolute Gasteiger partial charge is 0.454 e. The molecule has 0 spiro atoms. The summed E-state index contributed by atoms with van der Waals surface area (Å²) >= 11 is 0. The van der Waals surface area contributed by atoms with E-state index in [4.69, 9.17) is 18.5 Å². The number of hydrogen-bond acceptors (Lipinski definition) is 6. The zero-order chi connectivity index (χ0) is 15.5. The number of fused-ring (bicyclic) bond motifs is 1. The molecule has 2 rings (SSSR count). The van der Waals surface area contributed by atoms with Crippen LogP contribution in [0.5, 0.6) is 11.5 Å². The van der Waals surface area contributed by atoms with Crippen LogP contribution in [0.1, 0.15) is 31.1 Å². The van der Waals surface area contributed by atoms with Crippen molar-refractivity contribution in [1.29, 1.82) is 0 Å². The Morgan fingerprint density at radius 3 is 2.48 bits per heavy atom. The van der Waals surface area contributed by atoms with Crippen LogP contribution in [0.3, 0.4) is 0 Å². The van der Waals surface area contributed by atoms with Gasteiger partial charge in [-0.05, 0) is 39.0 Å². The Morgan fingerprint density at radius 1 is 1.24 bits per heavy atom. The van der Waals surface area contributed by atoms with Crippen molar-refractivity contribution in [2.75, 3.05) is 20.0 Å². The third-order valence-corrected chi connectivity index (χ3v) is 5.55. The normalized spacial score (nSPS) is 15.0. The van der Waals surface area contributed by atoms with Gasteiger partial charge in [-0.15, -0.1) is 0 Å². The van der Waals surface area contributed by atoms with Crippen LogP contribution in [-0.4, -0.2) is 31.4 Å². The summed E-state index contributed by atoms with van der Waals surface area (Å²) in [6, 6.07) is 4.87. The van der Waals surface area contributed by atoms with Crippen molar-refractivity contribution in [2.24, 2.45) is 0 Å². The van der Waals surface area contributed by atoms with E-state index in [9.17, 15) is 9.36 Å². The number of carbonyl (C=O) groups is 1. The zero-order valence-electron chi connectivity index (χ0n) is 12.3. The highest BCUT2D eigenvalue weighted by Gasteiger charge is 2.38. The van der Waals surface area contributed by atoms with Gasteiger partial charge in [-0.1, -0.05) is 0 Å². The van der Waals surface area contributed by atoms with Crippen molar-refractivity contribution in [3.05, 3.63) is 23.8 Å². The van der Waals surface area contributed by atoms with Crippen LogP contribution in [0, 0.1) is 0 Å². The van der Waals surface area contributed by atoms with Crippen LogP contribution in [0.2, 0.25) is 0 Å². The molecule has 1 aromatic rings. The number of Topliss-reactive ketones (excluding diaryl/α,β-unsaturated/α-hetero) is 1. The summed E-state index contributed by atoms with van der Waals surface area (Å²) in [7, 11) is -3.47. The molecular formula is C14H19O6P. The van der Waals surface area contributed by atoms with Crippen molar-refractivity contribution in [3.63, 3.8) is 0 Å². The number of rotatable bonds is 7. The van der Waals surface area contributed by atoms with Gasteiger partial charge in [-0.25, -0.2) is 0 Å². The first-order valence-electron chi connectivity index (χ1n) is 6.84. The summed E-state index contributed by atoms with van der Waals surface area (Å²) in [5, 5.41) is 0. The van der Waals surface area contributed by atoms with Crippen LogP contribution < -0.4 is 9.47 Å². The summed E-state index contributed by atoms with van der Waals surface area (Å²) in [5.41, 5.74) is -0.482. The fraction of sp³-hybridized carbons (Fsp3) is 0.500. The number of carbonyl (C=O) groups excluding carboxylic acids is 1. The molecule has 0 bridgehead atoms. The highest BCUT2D eigenvalue weighted by Crippen LogP contribution is 2.53. The van der Waals surface area contributed by atoms with Gasteiger partial charge in [-0.2, -0.15) is 0 Å². The summed E-state index contributed by atoms with van der Waals surface area (Å²) < 4.78 is 33.5. The lowest BCUT2D eigenvalue weighted by molar-refractivity contribution is 0.0973.